The molecule has 180 valence electrons. The van der Waals surface area contributed by atoms with Crippen molar-refractivity contribution >= 4 is 26.6 Å². The number of aromatic nitrogens is 2. The first-order valence-corrected chi connectivity index (χ1v) is 12.0. The summed E-state index contributed by atoms with van der Waals surface area (Å²) in [5.41, 5.74) is 1.48. The number of hydrogen-bond acceptors (Lipinski definition) is 7. The minimum absolute atomic E-state index is 0.0271. The summed E-state index contributed by atoms with van der Waals surface area (Å²) in [6.45, 7) is -0.208. The molecule has 0 fully saturated rings. The van der Waals surface area contributed by atoms with Gasteiger partial charge < -0.3 is 19.9 Å². The molecule has 0 aliphatic heterocycles. The molecule has 3 aromatic rings. The van der Waals surface area contributed by atoms with Gasteiger partial charge in [-0.3, -0.25) is 9.82 Å². The summed E-state index contributed by atoms with van der Waals surface area (Å²) in [4.78, 5) is 0. The number of hydrogen-bond donors (Lipinski definition) is 4. The summed E-state index contributed by atoms with van der Waals surface area (Å²) in [6, 6.07) is 11.4. The summed E-state index contributed by atoms with van der Waals surface area (Å²) < 4.78 is 61.0. The molecule has 0 bridgehead atoms. The fourth-order valence-corrected chi connectivity index (χ4v) is 4.27. The summed E-state index contributed by atoms with van der Waals surface area (Å²) in [5.74, 6) is 0.368. The smallest absolute Gasteiger partial charge is 0.388 e. The number of aliphatic hydroxyl groups excluding tert-OH is 1. The number of halogens is 2. The lowest BCUT2D eigenvalue weighted by molar-refractivity contribution is -0.0518. The number of anilines is 1. The van der Waals surface area contributed by atoms with Crippen LogP contribution in [0, 0.1) is 0 Å². The third kappa shape index (κ3) is 7.27. The lowest BCUT2D eigenvalue weighted by Crippen LogP contribution is -2.26. The first kappa shape index (κ1) is 24.7. The molecule has 33 heavy (non-hydrogen) atoms. The van der Waals surface area contributed by atoms with Gasteiger partial charge >= 0.3 is 6.61 Å². The Hall–Kier alpha value is -2.96. The molecule has 3 rings (SSSR count). The van der Waals surface area contributed by atoms with E-state index in [2.05, 4.69) is 25.0 Å². The van der Waals surface area contributed by atoms with Gasteiger partial charge in [0.2, 0.25) is 15.9 Å². The number of aliphatic hydroxyl groups is 1. The van der Waals surface area contributed by atoms with Crippen LogP contribution in [0.4, 0.5) is 14.5 Å². The molecule has 1 aromatic heterocycles. The highest BCUT2D eigenvalue weighted by Crippen LogP contribution is 2.27. The molecule has 0 unspecified atom stereocenters. The van der Waals surface area contributed by atoms with Gasteiger partial charge in [-0.15, -0.1) is 5.10 Å². The molecule has 0 aliphatic carbocycles. The van der Waals surface area contributed by atoms with Crippen LogP contribution in [0.5, 0.6) is 11.6 Å². The average molecular weight is 485 g/mol. The van der Waals surface area contributed by atoms with E-state index >= 15 is 0 Å². The highest BCUT2D eigenvalue weighted by Gasteiger charge is 2.13. The predicted octanol–water partition coefficient (Wildman–Crippen LogP) is 3.02. The number of ether oxygens (including phenoxy) is 2. The molecule has 0 spiro atoms. The number of H-pyrrole nitrogens is 1. The van der Waals surface area contributed by atoms with Crippen LogP contribution in [-0.4, -0.2) is 55.8 Å². The molecule has 1 heterocycles. The van der Waals surface area contributed by atoms with Crippen molar-refractivity contribution in [3.63, 3.8) is 0 Å². The van der Waals surface area contributed by atoms with E-state index in [0.29, 0.717) is 47.5 Å². The van der Waals surface area contributed by atoms with Crippen molar-refractivity contribution in [1.29, 1.82) is 0 Å². The molecule has 2 aromatic carbocycles. The molecule has 0 aliphatic rings. The van der Waals surface area contributed by atoms with E-state index in [4.69, 9.17) is 4.74 Å². The molecule has 0 saturated carbocycles. The van der Waals surface area contributed by atoms with Crippen molar-refractivity contribution in [2.45, 2.75) is 26.1 Å². The Morgan fingerprint density at radius 1 is 1.21 bits per heavy atom. The van der Waals surface area contributed by atoms with Gasteiger partial charge in [0, 0.05) is 24.8 Å². The Balaban J connectivity index is 1.45. The van der Waals surface area contributed by atoms with Gasteiger partial charge in [0.15, 0.2) is 0 Å². The molecule has 1 atom stereocenters. The van der Waals surface area contributed by atoms with Gasteiger partial charge in [0.1, 0.15) is 12.4 Å². The van der Waals surface area contributed by atoms with E-state index in [-0.39, 0.29) is 18.2 Å². The maximum absolute atomic E-state index is 12.4. The zero-order valence-corrected chi connectivity index (χ0v) is 18.7. The molecule has 9 nitrogen and oxygen atoms in total. The summed E-state index contributed by atoms with van der Waals surface area (Å²) in [5, 5.41) is 20.2. The first-order chi connectivity index (χ1) is 15.8. The number of fused-ring (bicyclic) bond motifs is 1. The van der Waals surface area contributed by atoms with Crippen LogP contribution in [0.25, 0.3) is 10.9 Å². The number of nitrogens with one attached hydrogen (secondary N) is 3. The third-order valence-electron chi connectivity index (χ3n) is 4.60. The number of rotatable bonds is 13. The fourth-order valence-electron chi connectivity index (χ4n) is 3.14. The van der Waals surface area contributed by atoms with E-state index in [0.717, 1.165) is 0 Å². The molecular weight excluding hydrogens is 458 g/mol. The van der Waals surface area contributed by atoms with Crippen molar-refractivity contribution in [1.82, 2.24) is 15.5 Å². The van der Waals surface area contributed by atoms with Crippen LogP contribution in [0.1, 0.15) is 25.0 Å². The van der Waals surface area contributed by atoms with Gasteiger partial charge in [0.25, 0.3) is 0 Å². The summed E-state index contributed by atoms with van der Waals surface area (Å²) in [7, 11) is -3.41. The number of sulfonamides is 1. The molecule has 4 N–H and O–H groups in total. The topological polar surface area (TPSA) is 126 Å². The number of benzene rings is 2. The second-order valence-corrected chi connectivity index (χ2v) is 9.07. The van der Waals surface area contributed by atoms with E-state index in [1.165, 1.54) is 0 Å². The van der Waals surface area contributed by atoms with Crippen LogP contribution in [0.2, 0.25) is 0 Å². The maximum atomic E-state index is 12.4. The minimum Gasteiger partial charge on any atom is -0.492 e. The Labute approximate surface area is 190 Å². The maximum Gasteiger partial charge on any atom is 0.388 e. The predicted molar refractivity (Wildman–Crippen MR) is 120 cm³/mol. The largest absolute Gasteiger partial charge is 0.492 e. The molecule has 12 heteroatoms. The normalized spacial score (nSPS) is 12.8. The summed E-state index contributed by atoms with van der Waals surface area (Å²) >= 11 is 0. The van der Waals surface area contributed by atoms with E-state index in [1.54, 1.807) is 49.4 Å². The zero-order chi connectivity index (χ0) is 23.8. The van der Waals surface area contributed by atoms with E-state index in [1.807, 2.05) is 0 Å². The van der Waals surface area contributed by atoms with Crippen LogP contribution in [0.3, 0.4) is 0 Å². The Bertz CT molecular complexity index is 1160. The first-order valence-electron chi connectivity index (χ1n) is 10.3. The van der Waals surface area contributed by atoms with Gasteiger partial charge in [-0.25, -0.2) is 8.42 Å². The van der Waals surface area contributed by atoms with E-state index in [9.17, 15) is 22.3 Å². The minimum atomic E-state index is -3.41. The van der Waals surface area contributed by atoms with Crippen LogP contribution >= 0.6 is 0 Å². The van der Waals surface area contributed by atoms with Gasteiger partial charge in [-0.1, -0.05) is 19.1 Å². The summed E-state index contributed by atoms with van der Waals surface area (Å²) in [6.07, 6.45) is -0.330. The number of nitrogens with zero attached hydrogens (tertiary/aromatic N) is 1. The third-order valence-corrected chi connectivity index (χ3v) is 6.10. The van der Waals surface area contributed by atoms with Crippen molar-refractivity contribution < 1.29 is 31.8 Å². The van der Waals surface area contributed by atoms with Crippen molar-refractivity contribution in [3.05, 3.63) is 48.0 Å². The highest BCUT2D eigenvalue weighted by molar-refractivity contribution is 7.92. The Morgan fingerprint density at radius 2 is 2.03 bits per heavy atom. The average Bonchev–Trinajstić information content (AvgIpc) is 3.14. The fraction of sp³-hybridized carbons (Fsp3) is 0.381. The SMILES string of the molecule is CCCS(=O)(=O)Nc1cccc([C@@H](O)CNCCOc2ccc3c(OC(F)F)n[nH]c3c2)c1. The zero-order valence-electron chi connectivity index (χ0n) is 17.9. The van der Waals surface area contributed by atoms with E-state index < -0.39 is 22.7 Å². The quantitative estimate of drug-likeness (QED) is 0.275. The molecular formula is C21H26F2N4O5S. The molecule has 0 radical (unpaired) electrons. The Kier molecular flexibility index (Phi) is 8.42. The second-order valence-electron chi connectivity index (χ2n) is 7.23. The number of alkyl halides is 2. The van der Waals surface area contributed by atoms with Crippen LogP contribution in [-0.2, 0) is 10.0 Å². The van der Waals surface area contributed by atoms with Crippen molar-refractivity contribution in [2.24, 2.45) is 0 Å². The second kappa shape index (κ2) is 11.3. The molecule has 0 amide bonds. The standard InChI is InChI=1S/C21H26F2N4O5S/c1-2-10-33(29,30)27-15-5-3-4-14(11-15)19(28)13-24-8-9-31-16-6-7-17-18(12-16)25-26-20(17)32-21(22)23/h3-7,11-12,19,21,24,27-28H,2,8-10,13H2,1H3,(H,25,26)/t19-/m0/s1. The Morgan fingerprint density at radius 3 is 2.79 bits per heavy atom. The monoisotopic (exact) mass is 484 g/mol. The van der Waals surface area contributed by atoms with Crippen molar-refractivity contribution in [3.8, 4) is 11.6 Å². The van der Waals surface area contributed by atoms with Crippen LogP contribution in [0.15, 0.2) is 42.5 Å². The highest BCUT2D eigenvalue weighted by atomic mass is 32.2. The molecule has 0 saturated heterocycles. The lowest BCUT2D eigenvalue weighted by Gasteiger charge is -2.14. The number of aromatic amines is 1. The van der Waals surface area contributed by atoms with Gasteiger partial charge in [-0.05, 0) is 36.2 Å². The van der Waals surface area contributed by atoms with Gasteiger partial charge in [-0.2, -0.15) is 8.78 Å². The van der Waals surface area contributed by atoms with Crippen molar-refractivity contribution in [2.75, 3.05) is 30.2 Å². The van der Waals surface area contributed by atoms with Crippen LogP contribution < -0.4 is 19.5 Å². The van der Waals surface area contributed by atoms with Gasteiger partial charge in [0.05, 0.1) is 22.8 Å². The lowest BCUT2D eigenvalue weighted by atomic mass is 10.1.